The van der Waals surface area contributed by atoms with Crippen LogP contribution in [0.3, 0.4) is 0 Å². The number of amides is 1. The molecule has 0 saturated heterocycles. The van der Waals surface area contributed by atoms with E-state index >= 15 is 0 Å². The fourth-order valence-electron chi connectivity index (χ4n) is 1.75. The first-order valence-electron chi connectivity index (χ1n) is 5.85. The Morgan fingerprint density at radius 2 is 2.22 bits per heavy atom. The van der Waals surface area contributed by atoms with Crippen LogP contribution in [-0.2, 0) is 0 Å². The molecule has 94 valence electrons. The van der Waals surface area contributed by atoms with Gasteiger partial charge in [0.1, 0.15) is 0 Å². The maximum absolute atomic E-state index is 12.0. The minimum atomic E-state index is -0.128. The maximum atomic E-state index is 12.0. The second-order valence-corrected chi connectivity index (χ2v) is 4.00. The summed E-state index contributed by atoms with van der Waals surface area (Å²) in [4.78, 5) is 12.0. The molecule has 0 aliphatic carbocycles. The molecule has 3 N–H and O–H groups in total. The number of H-pyrrole nitrogens is 1. The van der Waals surface area contributed by atoms with Crippen molar-refractivity contribution in [1.29, 1.82) is 0 Å². The molecule has 0 aliphatic rings. The Morgan fingerprint density at radius 1 is 1.39 bits per heavy atom. The molecule has 0 spiro atoms. The molecular weight excluding hydrogens is 228 g/mol. The van der Waals surface area contributed by atoms with Crippen LogP contribution in [0.5, 0.6) is 0 Å². The van der Waals surface area contributed by atoms with Crippen LogP contribution in [0.2, 0.25) is 0 Å². The van der Waals surface area contributed by atoms with E-state index in [1.807, 2.05) is 32.0 Å². The van der Waals surface area contributed by atoms with Crippen LogP contribution in [0.4, 0.5) is 11.4 Å². The van der Waals surface area contributed by atoms with Gasteiger partial charge >= 0.3 is 0 Å². The largest absolute Gasteiger partial charge is 0.385 e. The molecule has 0 radical (unpaired) electrons. The molecular formula is C13H16N4O. The number of nitrogens with zero attached hydrogens (tertiary/aromatic N) is 1. The number of nitrogens with one attached hydrogen (secondary N) is 3. The number of carbonyl (C=O) groups excluding carboxylic acids is 1. The topological polar surface area (TPSA) is 69.8 Å². The van der Waals surface area contributed by atoms with Crippen LogP contribution in [0.1, 0.15) is 22.8 Å². The molecule has 2 rings (SSSR count). The van der Waals surface area contributed by atoms with E-state index in [9.17, 15) is 4.79 Å². The average Bonchev–Trinajstić information content (AvgIpc) is 2.82. The van der Waals surface area contributed by atoms with Crippen LogP contribution in [0.25, 0.3) is 0 Å². The third kappa shape index (κ3) is 2.68. The molecule has 1 aromatic carbocycles. The molecule has 2 aromatic rings. The van der Waals surface area contributed by atoms with Gasteiger partial charge < -0.3 is 10.6 Å². The maximum Gasteiger partial charge on any atom is 0.256 e. The molecule has 0 aliphatic heterocycles. The number of carbonyl (C=O) groups is 1. The summed E-state index contributed by atoms with van der Waals surface area (Å²) in [5.41, 5.74) is 3.29. The molecule has 0 bridgehead atoms. The Balaban J connectivity index is 2.15. The van der Waals surface area contributed by atoms with Gasteiger partial charge in [-0.15, -0.1) is 0 Å². The predicted molar refractivity (Wildman–Crippen MR) is 71.9 cm³/mol. The standard InChI is InChI=1S/C13H16N4O/c1-3-14-10-4-5-12(9(2)6-10)13(18)17-11-7-15-16-8-11/h4-8,14H,3H2,1-2H3,(H,15,16)(H,17,18). The van der Waals surface area contributed by atoms with E-state index < -0.39 is 0 Å². The zero-order chi connectivity index (χ0) is 13.0. The number of aromatic amines is 1. The normalized spacial score (nSPS) is 10.1. The van der Waals surface area contributed by atoms with Crippen molar-refractivity contribution in [1.82, 2.24) is 10.2 Å². The van der Waals surface area contributed by atoms with Crippen LogP contribution in [-0.4, -0.2) is 22.6 Å². The summed E-state index contributed by atoms with van der Waals surface area (Å²) in [7, 11) is 0. The van der Waals surface area contributed by atoms with Crippen LogP contribution in [0, 0.1) is 6.92 Å². The highest BCUT2D eigenvalue weighted by atomic mass is 16.1. The summed E-state index contributed by atoms with van der Waals surface area (Å²) >= 11 is 0. The lowest BCUT2D eigenvalue weighted by Crippen LogP contribution is -2.13. The van der Waals surface area contributed by atoms with Crippen molar-refractivity contribution in [3.05, 3.63) is 41.7 Å². The lowest BCUT2D eigenvalue weighted by Gasteiger charge is -2.09. The van der Waals surface area contributed by atoms with Crippen LogP contribution in [0.15, 0.2) is 30.6 Å². The number of aromatic nitrogens is 2. The number of benzene rings is 1. The SMILES string of the molecule is CCNc1ccc(C(=O)Nc2cn[nH]c2)c(C)c1. The first-order valence-corrected chi connectivity index (χ1v) is 5.85. The number of anilines is 2. The van der Waals surface area contributed by atoms with E-state index in [1.165, 1.54) is 0 Å². The van der Waals surface area contributed by atoms with Gasteiger partial charge in [0, 0.05) is 24.0 Å². The van der Waals surface area contributed by atoms with Gasteiger partial charge in [0.15, 0.2) is 0 Å². The Morgan fingerprint density at radius 3 is 2.83 bits per heavy atom. The van der Waals surface area contributed by atoms with Gasteiger partial charge in [-0.25, -0.2) is 0 Å². The minimum absolute atomic E-state index is 0.128. The summed E-state index contributed by atoms with van der Waals surface area (Å²) in [6.45, 7) is 4.82. The van der Waals surface area contributed by atoms with Gasteiger partial charge in [-0.05, 0) is 37.6 Å². The number of rotatable bonds is 4. The Labute approximate surface area is 106 Å². The van der Waals surface area contributed by atoms with E-state index in [0.29, 0.717) is 11.3 Å². The van der Waals surface area contributed by atoms with Gasteiger partial charge in [-0.1, -0.05) is 0 Å². The minimum Gasteiger partial charge on any atom is -0.385 e. The number of hydrogen-bond donors (Lipinski definition) is 3. The molecule has 18 heavy (non-hydrogen) atoms. The molecule has 0 unspecified atom stereocenters. The average molecular weight is 244 g/mol. The van der Waals surface area contributed by atoms with E-state index in [2.05, 4.69) is 20.8 Å². The van der Waals surface area contributed by atoms with Gasteiger partial charge in [-0.3, -0.25) is 9.89 Å². The summed E-state index contributed by atoms with van der Waals surface area (Å²) in [5, 5.41) is 12.4. The Kier molecular flexibility index (Phi) is 3.62. The van der Waals surface area contributed by atoms with Gasteiger partial charge in [0.05, 0.1) is 11.9 Å². The van der Waals surface area contributed by atoms with Crippen molar-refractivity contribution in [2.24, 2.45) is 0 Å². The van der Waals surface area contributed by atoms with E-state index in [-0.39, 0.29) is 5.91 Å². The lowest BCUT2D eigenvalue weighted by atomic mass is 10.1. The van der Waals surface area contributed by atoms with Gasteiger partial charge in [0.25, 0.3) is 5.91 Å². The Hall–Kier alpha value is -2.30. The fourth-order valence-corrected chi connectivity index (χ4v) is 1.75. The fraction of sp³-hybridized carbons (Fsp3) is 0.231. The highest BCUT2D eigenvalue weighted by Crippen LogP contribution is 2.16. The highest BCUT2D eigenvalue weighted by Gasteiger charge is 2.10. The summed E-state index contributed by atoms with van der Waals surface area (Å²) < 4.78 is 0. The molecule has 1 amide bonds. The van der Waals surface area contributed by atoms with Crippen LogP contribution >= 0.6 is 0 Å². The lowest BCUT2D eigenvalue weighted by molar-refractivity contribution is 0.102. The van der Waals surface area contributed by atoms with Gasteiger partial charge in [0.2, 0.25) is 0 Å². The summed E-state index contributed by atoms with van der Waals surface area (Å²) in [6.07, 6.45) is 3.21. The zero-order valence-corrected chi connectivity index (χ0v) is 10.4. The smallest absolute Gasteiger partial charge is 0.256 e. The van der Waals surface area contributed by atoms with Crippen molar-refractivity contribution in [3.63, 3.8) is 0 Å². The molecule has 0 fully saturated rings. The van der Waals surface area contributed by atoms with E-state index in [0.717, 1.165) is 17.8 Å². The quantitative estimate of drug-likeness (QED) is 0.773. The third-order valence-electron chi connectivity index (χ3n) is 2.61. The van der Waals surface area contributed by atoms with Crippen LogP contribution < -0.4 is 10.6 Å². The predicted octanol–water partition coefficient (Wildman–Crippen LogP) is 2.40. The number of aryl methyl sites for hydroxylation is 1. The van der Waals surface area contributed by atoms with E-state index in [4.69, 9.17) is 0 Å². The van der Waals surface area contributed by atoms with Crippen molar-refractivity contribution in [2.45, 2.75) is 13.8 Å². The second-order valence-electron chi connectivity index (χ2n) is 4.00. The van der Waals surface area contributed by atoms with Crippen molar-refractivity contribution >= 4 is 17.3 Å². The van der Waals surface area contributed by atoms with Crippen molar-refractivity contribution in [2.75, 3.05) is 17.2 Å². The van der Waals surface area contributed by atoms with E-state index in [1.54, 1.807) is 12.4 Å². The molecule has 0 atom stereocenters. The monoisotopic (exact) mass is 244 g/mol. The zero-order valence-electron chi connectivity index (χ0n) is 10.4. The third-order valence-corrected chi connectivity index (χ3v) is 2.61. The summed E-state index contributed by atoms with van der Waals surface area (Å²) in [5.74, 6) is -0.128. The van der Waals surface area contributed by atoms with Gasteiger partial charge in [-0.2, -0.15) is 5.10 Å². The Bertz CT molecular complexity index is 534. The van der Waals surface area contributed by atoms with Crippen molar-refractivity contribution < 1.29 is 4.79 Å². The number of hydrogen-bond acceptors (Lipinski definition) is 3. The molecule has 5 nitrogen and oxygen atoms in total. The first-order chi connectivity index (χ1) is 8.70. The second kappa shape index (κ2) is 5.35. The molecule has 1 heterocycles. The van der Waals surface area contributed by atoms with Crippen molar-refractivity contribution in [3.8, 4) is 0 Å². The molecule has 5 heteroatoms. The molecule has 1 aromatic heterocycles. The first kappa shape index (κ1) is 12.2. The molecule has 0 saturated carbocycles. The highest BCUT2D eigenvalue weighted by molar-refractivity contribution is 6.05. The summed E-state index contributed by atoms with van der Waals surface area (Å²) in [6, 6.07) is 5.69.